The summed E-state index contributed by atoms with van der Waals surface area (Å²) in [7, 11) is 1.69. The molecule has 0 amide bonds. The molecule has 0 radical (unpaired) electrons. The minimum atomic E-state index is 0.572. The molecule has 132 valence electrons. The van der Waals surface area contributed by atoms with Crippen LogP contribution in [0.15, 0.2) is 36.5 Å². The molecular formula is C20H21N5O. The Morgan fingerprint density at radius 3 is 2.77 bits per heavy atom. The summed E-state index contributed by atoms with van der Waals surface area (Å²) in [5, 5.41) is 9.02. The fourth-order valence-electron chi connectivity index (χ4n) is 3.33. The Morgan fingerprint density at radius 1 is 1.15 bits per heavy atom. The quantitative estimate of drug-likeness (QED) is 0.608. The minimum absolute atomic E-state index is 0.572. The van der Waals surface area contributed by atoms with Crippen LogP contribution in [0.5, 0.6) is 5.75 Å². The second kappa shape index (κ2) is 6.29. The van der Waals surface area contributed by atoms with Gasteiger partial charge < -0.3 is 10.1 Å². The number of para-hydroxylation sites is 1. The van der Waals surface area contributed by atoms with Crippen molar-refractivity contribution in [2.75, 3.05) is 12.4 Å². The standard InChI is InChI=1S/C20H21N5O/c1-12-10-21-16(14(3)19(12)26-4)11-22-20-15-7-5-6-8-17(15)25-18(23-20)9-13(2)24-25/h5-10H,11H2,1-4H3,(H,22,23). The lowest BCUT2D eigenvalue weighted by atomic mass is 10.1. The summed E-state index contributed by atoms with van der Waals surface area (Å²) in [6.07, 6.45) is 1.85. The van der Waals surface area contributed by atoms with Crippen LogP contribution in [0.1, 0.15) is 22.5 Å². The lowest BCUT2D eigenvalue weighted by molar-refractivity contribution is 0.407. The van der Waals surface area contributed by atoms with E-state index in [9.17, 15) is 0 Å². The van der Waals surface area contributed by atoms with Crippen LogP contribution >= 0.6 is 0 Å². The summed E-state index contributed by atoms with van der Waals surface area (Å²) >= 11 is 0. The van der Waals surface area contributed by atoms with Crippen LogP contribution in [0.2, 0.25) is 0 Å². The van der Waals surface area contributed by atoms with Gasteiger partial charge in [-0.25, -0.2) is 9.50 Å². The average Bonchev–Trinajstić information content (AvgIpc) is 3.02. The third-order valence-corrected chi connectivity index (χ3v) is 4.60. The fourth-order valence-corrected chi connectivity index (χ4v) is 3.33. The number of anilines is 1. The van der Waals surface area contributed by atoms with Gasteiger partial charge >= 0.3 is 0 Å². The van der Waals surface area contributed by atoms with Crippen molar-refractivity contribution in [2.24, 2.45) is 0 Å². The molecule has 0 saturated heterocycles. The number of methoxy groups -OCH3 is 1. The molecule has 0 aliphatic heterocycles. The number of pyridine rings is 1. The van der Waals surface area contributed by atoms with E-state index in [2.05, 4.69) is 27.5 Å². The number of aryl methyl sites for hydroxylation is 2. The van der Waals surface area contributed by atoms with Gasteiger partial charge in [-0.3, -0.25) is 4.98 Å². The highest BCUT2D eigenvalue weighted by Gasteiger charge is 2.12. The maximum Gasteiger partial charge on any atom is 0.158 e. The molecule has 0 saturated carbocycles. The van der Waals surface area contributed by atoms with Gasteiger partial charge in [-0.1, -0.05) is 12.1 Å². The van der Waals surface area contributed by atoms with E-state index in [4.69, 9.17) is 9.72 Å². The van der Waals surface area contributed by atoms with E-state index in [-0.39, 0.29) is 0 Å². The van der Waals surface area contributed by atoms with Gasteiger partial charge in [0.15, 0.2) is 5.65 Å². The SMILES string of the molecule is COc1c(C)cnc(CNc2nc3cc(C)nn3c3ccccc23)c1C. The Balaban J connectivity index is 1.76. The van der Waals surface area contributed by atoms with Gasteiger partial charge in [0.05, 0.1) is 30.6 Å². The first-order chi connectivity index (χ1) is 12.6. The molecule has 26 heavy (non-hydrogen) atoms. The van der Waals surface area contributed by atoms with Gasteiger partial charge in [0, 0.05) is 28.8 Å². The van der Waals surface area contributed by atoms with Gasteiger partial charge in [-0.2, -0.15) is 5.10 Å². The maximum atomic E-state index is 5.50. The van der Waals surface area contributed by atoms with E-state index in [1.54, 1.807) is 7.11 Å². The van der Waals surface area contributed by atoms with Crippen molar-refractivity contribution in [3.8, 4) is 5.75 Å². The number of fused-ring (bicyclic) bond motifs is 3. The van der Waals surface area contributed by atoms with Crippen LogP contribution in [-0.2, 0) is 6.54 Å². The number of aromatic nitrogens is 4. The Labute approximate surface area is 151 Å². The van der Waals surface area contributed by atoms with E-state index in [1.165, 1.54) is 0 Å². The highest BCUT2D eigenvalue weighted by Crippen LogP contribution is 2.26. The number of rotatable bonds is 4. The molecule has 1 N–H and O–H groups in total. The molecule has 0 bridgehead atoms. The number of hydrogen-bond acceptors (Lipinski definition) is 5. The monoisotopic (exact) mass is 347 g/mol. The zero-order valence-corrected chi connectivity index (χ0v) is 15.4. The van der Waals surface area contributed by atoms with Gasteiger partial charge in [0.1, 0.15) is 11.6 Å². The van der Waals surface area contributed by atoms with Crippen LogP contribution in [0.4, 0.5) is 5.82 Å². The summed E-state index contributed by atoms with van der Waals surface area (Å²) in [5.74, 6) is 1.71. The third-order valence-electron chi connectivity index (χ3n) is 4.60. The van der Waals surface area contributed by atoms with Gasteiger partial charge in [-0.15, -0.1) is 0 Å². The van der Waals surface area contributed by atoms with Crippen LogP contribution in [0, 0.1) is 20.8 Å². The molecule has 0 aliphatic rings. The average molecular weight is 347 g/mol. The predicted octanol–water partition coefficient (Wildman–Crippen LogP) is 3.82. The maximum absolute atomic E-state index is 5.50. The van der Waals surface area contributed by atoms with E-state index < -0.39 is 0 Å². The molecule has 4 aromatic rings. The Hall–Kier alpha value is -3.15. The molecule has 1 aromatic carbocycles. The molecule has 0 fully saturated rings. The number of benzene rings is 1. The smallest absolute Gasteiger partial charge is 0.158 e. The van der Waals surface area contributed by atoms with Crippen LogP contribution in [0.3, 0.4) is 0 Å². The first-order valence-corrected chi connectivity index (χ1v) is 8.56. The molecule has 0 spiro atoms. The van der Waals surface area contributed by atoms with Crippen molar-refractivity contribution in [3.05, 3.63) is 59.0 Å². The van der Waals surface area contributed by atoms with E-state index >= 15 is 0 Å². The molecule has 4 rings (SSSR count). The minimum Gasteiger partial charge on any atom is -0.496 e. The third kappa shape index (κ3) is 2.63. The van der Waals surface area contributed by atoms with Gasteiger partial charge in [0.25, 0.3) is 0 Å². The summed E-state index contributed by atoms with van der Waals surface area (Å²) in [6.45, 7) is 6.58. The molecule has 0 aliphatic carbocycles. The molecule has 3 heterocycles. The summed E-state index contributed by atoms with van der Waals surface area (Å²) in [5.41, 5.74) is 5.83. The van der Waals surface area contributed by atoms with Crippen LogP contribution in [0.25, 0.3) is 16.6 Å². The van der Waals surface area contributed by atoms with Crippen molar-refractivity contribution < 1.29 is 4.74 Å². The second-order valence-corrected chi connectivity index (χ2v) is 6.43. The number of hydrogen-bond donors (Lipinski definition) is 1. The number of nitrogens with zero attached hydrogens (tertiary/aromatic N) is 4. The zero-order chi connectivity index (χ0) is 18.3. The van der Waals surface area contributed by atoms with Crippen LogP contribution in [-0.4, -0.2) is 26.7 Å². The first kappa shape index (κ1) is 16.3. The first-order valence-electron chi connectivity index (χ1n) is 8.56. The molecule has 6 nitrogen and oxygen atoms in total. The highest BCUT2D eigenvalue weighted by atomic mass is 16.5. The normalized spacial score (nSPS) is 11.2. The summed E-state index contributed by atoms with van der Waals surface area (Å²) in [4.78, 5) is 9.32. The van der Waals surface area contributed by atoms with Crippen molar-refractivity contribution in [2.45, 2.75) is 27.3 Å². The lowest BCUT2D eigenvalue weighted by Gasteiger charge is -2.14. The summed E-state index contributed by atoms with van der Waals surface area (Å²) < 4.78 is 7.39. The van der Waals surface area contributed by atoms with E-state index in [1.807, 2.05) is 49.7 Å². The lowest BCUT2D eigenvalue weighted by Crippen LogP contribution is -2.08. The zero-order valence-electron chi connectivity index (χ0n) is 15.4. The number of nitrogens with one attached hydrogen (secondary N) is 1. The predicted molar refractivity (Wildman–Crippen MR) is 103 cm³/mol. The topological polar surface area (TPSA) is 64.3 Å². The summed E-state index contributed by atoms with van der Waals surface area (Å²) in [6, 6.07) is 10.1. The van der Waals surface area contributed by atoms with Gasteiger partial charge in [-0.05, 0) is 32.9 Å². The Kier molecular flexibility index (Phi) is 3.95. The van der Waals surface area contributed by atoms with Crippen molar-refractivity contribution in [1.82, 2.24) is 19.6 Å². The highest BCUT2D eigenvalue weighted by molar-refractivity contribution is 5.91. The number of ether oxygens (including phenoxy) is 1. The molecule has 6 heteroatoms. The fraction of sp³-hybridized carbons (Fsp3) is 0.250. The van der Waals surface area contributed by atoms with E-state index in [0.717, 1.165) is 50.6 Å². The van der Waals surface area contributed by atoms with Crippen molar-refractivity contribution in [1.29, 1.82) is 0 Å². The Morgan fingerprint density at radius 2 is 1.96 bits per heavy atom. The van der Waals surface area contributed by atoms with Crippen molar-refractivity contribution >= 4 is 22.4 Å². The molecule has 3 aromatic heterocycles. The molecule has 0 unspecified atom stereocenters. The van der Waals surface area contributed by atoms with E-state index in [0.29, 0.717) is 6.54 Å². The second-order valence-electron chi connectivity index (χ2n) is 6.43. The largest absolute Gasteiger partial charge is 0.496 e. The molecule has 0 atom stereocenters. The Bertz CT molecular complexity index is 1120. The molecular weight excluding hydrogens is 326 g/mol. The van der Waals surface area contributed by atoms with Gasteiger partial charge in [0.2, 0.25) is 0 Å². The van der Waals surface area contributed by atoms with Crippen LogP contribution < -0.4 is 10.1 Å². The van der Waals surface area contributed by atoms with Crippen molar-refractivity contribution in [3.63, 3.8) is 0 Å².